The number of rotatable bonds is 3. The molecule has 0 aliphatic carbocycles. The van der Waals surface area contributed by atoms with E-state index < -0.39 is 0 Å². The van der Waals surface area contributed by atoms with E-state index in [1.165, 1.54) is 11.3 Å². The predicted octanol–water partition coefficient (Wildman–Crippen LogP) is 3.29. The van der Waals surface area contributed by atoms with E-state index in [1.54, 1.807) is 11.3 Å². The van der Waals surface area contributed by atoms with Gasteiger partial charge < -0.3 is 0 Å². The lowest BCUT2D eigenvalue weighted by molar-refractivity contribution is 0.102. The van der Waals surface area contributed by atoms with Gasteiger partial charge in [-0.2, -0.15) is 0 Å². The summed E-state index contributed by atoms with van der Waals surface area (Å²) >= 11 is 8.39. The summed E-state index contributed by atoms with van der Waals surface area (Å²) < 4.78 is 0. The molecule has 0 aromatic carbocycles. The Bertz CT molecular complexity index is 435. The van der Waals surface area contributed by atoms with E-state index in [9.17, 15) is 4.79 Å². The van der Waals surface area contributed by atoms with Gasteiger partial charge in [-0.3, -0.25) is 4.79 Å². The van der Waals surface area contributed by atoms with Crippen molar-refractivity contribution in [2.45, 2.75) is 0 Å². The number of thiophene rings is 1. The van der Waals surface area contributed by atoms with Crippen LogP contribution < -0.4 is 0 Å². The Morgan fingerprint density at radius 1 is 1.50 bits per heavy atom. The molecule has 14 heavy (non-hydrogen) atoms. The summed E-state index contributed by atoms with van der Waals surface area (Å²) in [6, 6.07) is 3.94. The summed E-state index contributed by atoms with van der Waals surface area (Å²) in [5.74, 6) is -0.114. The van der Waals surface area contributed by atoms with Crippen molar-refractivity contribution in [2.24, 2.45) is 0 Å². The largest absolute Gasteiger partial charge is 0.290 e. The number of ketones is 1. The molecule has 0 amide bonds. The lowest BCUT2D eigenvalue weighted by Gasteiger charge is -1.88. The van der Waals surface area contributed by atoms with Crippen LogP contribution in [0.5, 0.6) is 0 Å². The molecular weight excluding hydrogens is 238 g/mol. The highest BCUT2D eigenvalue weighted by Gasteiger charge is 2.10. The maximum Gasteiger partial charge on any atom is 0.206 e. The Balaban J connectivity index is 2.31. The highest BCUT2D eigenvalue weighted by Crippen LogP contribution is 2.26. The van der Waals surface area contributed by atoms with Crippen LogP contribution in [-0.2, 0) is 0 Å². The highest BCUT2D eigenvalue weighted by atomic mass is 35.5. The van der Waals surface area contributed by atoms with E-state index in [0.29, 0.717) is 5.01 Å². The Hall–Kier alpha value is -0.710. The van der Waals surface area contributed by atoms with Crippen LogP contribution in [0.1, 0.15) is 9.80 Å². The zero-order valence-electron chi connectivity index (χ0n) is 7.07. The molecule has 0 unspecified atom stereocenters. The van der Waals surface area contributed by atoms with Crippen LogP contribution >= 0.6 is 34.3 Å². The number of nitrogens with zero attached hydrogens (tertiary/aromatic N) is 1. The number of carbonyl (C=O) groups is 1. The van der Waals surface area contributed by atoms with Crippen molar-refractivity contribution in [1.29, 1.82) is 0 Å². The highest BCUT2D eigenvalue weighted by molar-refractivity contribution is 7.15. The number of Topliss-reactive ketones (excluding diaryl/α,β-unsaturated/α-hetero) is 1. The molecule has 0 aliphatic heterocycles. The van der Waals surface area contributed by atoms with Crippen molar-refractivity contribution >= 4 is 40.1 Å². The summed E-state index contributed by atoms with van der Waals surface area (Å²) in [6.45, 7) is 0. The smallest absolute Gasteiger partial charge is 0.206 e. The second-order valence-corrected chi connectivity index (χ2v) is 4.65. The first-order chi connectivity index (χ1) is 6.81. The van der Waals surface area contributed by atoms with Crippen molar-refractivity contribution in [2.75, 3.05) is 5.88 Å². The molecule has 0 fully saturated rings. The first kappa shape index (κ1) is 9.83. The van der Waals surface area contributed by atoms with Crippen LogP contribution in [0.15, 0.2) is 22.9 Å². The fourth-order valence-corrected chi connectivity index (χ4v) is 2.72. The summed E-state index contributed by atoms with van der Waals surface area (Å²) in [5.41, 5.74) is 0.860. The maximum atomic E-state index is 11.2. The molecule has 0 N–H and O–H groups in total. The molecule has 0 aliphatic rings. The van der Waals surface area contributed by atoms with Gasteiger partial charge >= 0.3 is 0 Å². The second kappa shape index (κ2) is 4.21. The number of thiazole rings is 1. The van der Waals surface area contributed by atoms with Crippen molar-refractivity contribution < 1.29 is 4.79 Å². The van der Waals surface area contributed by atoms with E-state index in [1.807, 2.05) is 22.9 Å². The summed E-state index contributed by atoms with van der Waals surface area (Å²) in [4.78, 5) is 16.5. The van der Waals surface area contributed by atoms with Gasteiger partial charge in [-0.1, -0.05) is 6.07 Å². The minimum absolute atomic E-state index is 0.00259. The monoisotopic (exact) mass is 243 g/mol. The Labute approximate surface area is 94.2 Å². The van der Waals surface area contributed by atoms with E-state index >= 15 is 0 Å². The topological polar surface area (TPSA) is 30.0 Å². The van der Waals surface area contributed by atoms with E-state index in [0.717, 1.165) is 10.6 Å². The van der Waals surface area contributed by atoms with Crippen LogP contribution in [0.2, 0.25) is 0 Å². The van der Waals surface area contributed by atoms with Crippen molar-refractivity contribution in [3.05, 3.63) is 27.9 Å². The molecule has 0 saturated heterocycles. The fraction of sp³-hybridized carbons (Fsp3) is 0.111. The minimum atomic E-state index is -0.112. The lowest BCUT2D eigenvalue weighted by Crippen LogP contribution is -1.98. The number of hydrogen-bond acceptors (Lipinski definition) is 4. The molecule has 2 aromatic rings. The molecule has 2 nitrogen and oxygen atoms in total. The van der Waals surface area contributed by atoms with Crippen LogP contribution in [0.4, 0.5) is 0 Å². The average Bonchev–Trinajstić information content (AvgIpc) is 2.86. The number of hydrogen-bond donors (Lipinski definition) is 0. The second-order valence-electron chi connectivity index (χ2n) is 2.57. The quantitative estimate of drug-likeness (QED) is 0.612. The van der Waals surface area contributed by atoms with Crippen LogP contribution in [0.25, 0.3) is 10.6 Å². The molecule has 0 atom stereocenters. The molecule has 2 rings (SSSR count). The van der Waals surface area contributed by atoms with Gasteiger partial charge in [0, 0.05) is 5.38 Å². The summed E-state index contributed by atoms with van der Waals surface area (Å²) in [5, 5.41) is 4.35. The number of halogens is 1. The third-order valence-electron chi connectivity index (χ3n) is 1.64. The van der Waals surface area contributed by atoms with Crippen molar-refractivity contribution in [1.82, 2.24) is 4.98 Å². The van der Waals surface area contributed by atoms with Gasteiger partial charge in [-0.05, 0) is 11.4 Å². The van der Waals surface area contributed by atoms with E-state index in [-0.39, 0.29) is 11.7 Å². The molecule has 0 saturated carbocycles. The van der Waals surface area contributed by atoms with Gasteiger partial charge in [0.15, 0.2) is 5.01 Å². The molecule has 5 heteroatoms. The summed E-state index contributed by atoms with van der Waals surface area (Å²) in [7, 11) is 0. The molecule has 72 valence electrons. The minimum Gasteiger partial charge on any atom is -0.290 e. The van der Waals surface area contributed by atoms with Crippen LogP contribution in [0.3, 0.4) is 0 Å². The molecule has 0 spiro atoms. The molecule has 2 heterocycles. The zero-order chi connectivity index (χ0) is 9.97. The number of alkyl halides is 1. The normalized spacial score (nSPS) is 10.4. The Kier molecular flexibility index (Phi) is 2.96. The molecule has 0 radical (unpaired) electrons. The third-order valence-corrected chi connectivity index (χ3v) is 3.66. The van der Waals surface area contributed by atoms with Crippen molar-refractivity contribution in [3.8, 4) is 10.6 Å². The van der Waals surface area contributed by atoms with Gasteiger partial charge in [0.2, 0.25) is 5.78 Å². The van der Waals surface area contributed by atoms with Gasteiger partial charge in [-0.25, -0.2) is 4.98 Å². The average molecular weight is 244 g/mol. The first-order valence-corrected chi connectivity index (χ1v) is 6.19. The van der Waals surface area contributed by atoms with Crippen LogP contribution in [0, 0.1) is 0 Å². The Morgan fingerprint density at radius 2 is 2.36 bits per heavy atom. The van der Waals surface area contributed by atoms with Gasteiger partial charge in [0.05, 0.1) is 16.5 Å². The third kappa shape index (κ3) is 1.87. The Morgan fingerprint density at radius 3 is 3.00 bits per heavy atom. The van der Waals surface area contributed by atoms with E-state index in [2.05, 4.69) is 4.98 Å². The molecule has 2 aromatic heterocycles. The van der Waals surface area contributed by atoms with Gasteiger partial charge in [0.1, 0.15) is 0 Å². The SMILES string of the molecule is O=C(CCl)c1nc(-c2cccs2)cs1. The lowest BCUT2D eigenvalue weighted by atomic mass is 10.4. The predicted molar refractivity (Wildman–Crippen MR) is 60.5 cm³/mol. The standard InChI is InChI=1S/C9H6ClNOS2/c10-4-7(12)9-11-6(5-14-9)8-2-1-3-13-8/h1-3,5H,4H2. The first-order valence-electron chi connectivity index (χ1n) is 3.90. The zero-order valence-corrected chi connectivity index (χ0v) is 9.46. The molecule has 0 bridgehead atoms. The molecular formula is C9H6ClNOS2. The maximum absolute atomic E-state index is 11.2. The number of aromatic nitrogens is 1. The number of carbonyl (C=O) groups excluding carboxylic acids is 1. The van der Waals surface area contributed by atoms with Gasteiger partial charge in [-0.15, -0.1) is 34.3 Å². The van der Waals surface area contributed by atoms with Crippen molar-refractivity contribution in [3.63, 3.8) is 0 Å². The van der Waals surface area contributed by atoms with Crippen LogP contribution in [-0.4, -0.2) is 16.6 Å². The fourth-order valence-electron chi connectivity index (χ4n) is 0.996. The van der Waals surface area contributed by atoms with Gasteiger partial charge in [0.25, 0.3) is 0 Å². The van der Waals surface area contributed by atoms with E-state index in [4.69, 9.17) is 11.6 Å². The summed E-state index contributed by atoms with van der Waals surface area (Å²) in [6.07, 6.45) is 0.